The predicted molar refractivity (Wildman–Crippen MR) is 94.6 cm³/mol. The van der Waals surface area contributed by atoms with Crippen molar-refractivity contribution in [1.29, 1.82) is 0 Å². The van der Waals surface area contributed by atoms with Gasteiger partial charge in [0, 0.05) is 0 Å². The molecule has 0 aliphatic carbocycles. The minimum Gasteiger partial charge on any atom is -0.345 e. The minimum atomic E-state index is -0.485. The zero-order valence-corrected chi connectivity index (χ0v) is 14.3. The maximum absolute atomic E-state index is 12.4. The summed E-state index contributed by atoms with van der Waals surface area (Å²) in [7, 11) is 0. The van der Waals surface area contributed by atoms with Gasteiger partial charge in [-0.3, -0.25) is 19.6 Å². The number of benzene rings is 1. The first-order valence-corrected chi connectivity index (χ1v) is 8.51. The average Bonchev–Trinajstić information content (AvgIpc) is 3.26. The summed E-state index contributed by atoms with van der Waals surface area (Å²) in [6, 6.07) is 11.4. The van der Waals surface area contributed by atoms with E-state index in [1.54, 1.807) is 6.07 Å². The van der Waals surface area contributed by atoms with Gasteiger partial charge >= 0.3 is 5.69 Å². The Hall–Kier alpha value is -3.00. The number of carbonyl (C=O) groups excluding carboxylic acids is 1. The lowest BCUT2D eigenvalue weighted by molar-refractivity contribution is -0.385. The number of hydrogen-bond acceptors (Lipinski definition) is 5. The molecule has 8 heteroatoms. The summed E-state index contributed by atoms with van der Waals surface area (Å²) < 4.78 is 1.48. The summed E-state index contributed by atoms with van der Waals surface area (Å²) >= 11 is 1.34. The van der Waals surface area contributed by atoms with Crippen molar-refractivity contribution in [2.75, 3.05) is 0 Å². The van der Waals surface area contributed by atoms with Gasteiger partial charge in [-0.15, -0.1) is 11.3 Å². The Morgan fingerprint density at radius 1 is 1.40 bits per heavy atom. The molecule has 1 unspecified atom stereocenters. The van der Waals surface area contributed by atoms with Gasteiger partial charge < -0.3 is 5.32 Å². The number of carbonyl (C=O) groups is 1. The van der Waals surface area contributed by atoms with E-state index in [4.69, 9.17) is 0 Å². The van der Waals surface area contributed by atoms with Crippen molar-refractivity contribution in [3.8, 4) is 0 Å². The molecule has 1 aromatic carbocycles. The monoisotopic (exact) mass is 356 g/mol. The summed E-state index contributed by atoms with van der Waals surface area (Å²) in [4.78, 5) is 23.2. The van der Waals surface area contributed by atoms with E-state index in [2.05, 4.69) is 10.4 Å². The van der Waals surface area contributed by atoms with Gasteiger partial charge in [0.1, 0.15) is 12.4 Å². The van der Waals surface area contributed by atoms with Crippen LogP contribution in [-0.2, 0) is 6.54 Å². The van der Waals surface area contributed by atoms with Gasteiger partial charge in [-0.2, -0.15) is 5.10 Å². The summed E-state index contributed by atoms with van der Waals surface area (Å²) in [5.74, 6) is -0.140. The first-order valence-electron chi connectivity index (χ1n) is 7.63. The minimum absolute atomic E-state index is 0.0510. The lowest BCUT2D eigenvalue weighted by atomic mass is 10.1. The summed E-state index contributed by atoms with van der Waals surface area (Å²) in [5, 5.41) is 19.5. The molecular formula is C17H16N4O3S. The highest BCUT2D eigenvalue weighted by atomic mass is 32.1. The topological polar surface area (TPSA) is 90.1 Å². The fourth-order valence-corrected chi connectivity index (χ4v) is 3.20. The standard InChI is InChI=1S/C17H16N4O3S/c1-12(14-5-3-2-4-6-14)19-17(22)16-7-13(11-25-16)9-20-10-15(8-18-20)21(23)24/h2-8,10-12H,9H2,1H3,(H,19,22). The Kier molecular flexibility index (Phi) is 4.90. The van der Waals surface area contributed by atoms with Crippen molar-refractivity contribution in [3.63, 3.8) is 0 Å². The van der Waals surface area contributed by atoms with E-state index in [-0.39, 0.29) is 17.6 Å². The number of rotatable bonds is 6. The van der Waals surface area contributed by atoms with Crippen molar-refractivity contribution < 1.29 is 9.72 Å². The molecule has 0 radical (unpaired) electrons. The lowest BCUT2D eigenvalue weighted by Crippen LogP contribution is -2.25. The third-order valence-corrected chi connectivity index (χ3v) is 4.68. The van der Waals surface area contributed by atoms with Crippen molar-refractivity contribution >= 4 is 22.9 Å². The molecule has 0 saturated heterocycles. The molecule has 0 aliphatic heterocycles. The van der Waals surface area contributed by atoms with Gasteiger partial charge in [0.15, 0.2) is 0 Å². The molecule has 2 heterocycles. The van der Waals surface area contributed by atoms with Gasteiger partial charge in [-0.1, -0.05) is 30.3 Å². The van der Waals surface area contributed by atoms with Gasteiger partial charge in [-0.25, -0.2) is 0 Å². The quantitative estimate of drug-likeness (QED) is 0.541. The number of thiophene rings is 1. The van der Waals surface area contributed by atoms with Crippen molar-refractivity contribution in [3.05, 3.63) is 80.3 Å². The lowest BCUT2D eigenvalue weighted by Gasteiger charge is -2.13. The molecule has 1 N–H and O–H groups in total. The highest BCUT2D eigenvalue weighted by Gasteiger charge is 2.14. The summed E-state index contributed by atoms with van der Waals surface area (Å²) in [6.45, 7) is 2.32. The first-order chi connectivity index (χ1) is 12.0. The molecule has 0 fully saturated rings. The van der Waals surface area contributed by atoms with Gasteiger partial charge in [-0.05, 0) is 29.5 Å². The van der Waals surface area contributed by atoms with E-state index in [9.17, 15) is 14.9 Å². The second-order valence-electron chi connectivity index (χ2n) is 5.58. The molecule has 1 amide bonds. The molecule has 3 aromatic rings. The molecule has 0 saturated carbocycles. The Balaban J connectivity index is 1.64. The van der Waals surface area contributed by atoms with Crippen LogP contribution in [-0.4, -0.2) is 20.6 Å². The van der Waals surface area contributed by atoms with Crippen LogP contribution in [0.4, 0.5) is 5.69 Å². The predicted octanol–water partition coefficient (Wildman–Crippen LogP) is 3.39. The third-order valence-electron chi connectivity index (χ3n) is 3.70. The smallest absolute Gasteiger partial charge is 0.307 e. The molecule has 128 valence electrons. The average molecular weight is 356 g/mol. The highest BCUT2D eigenvalue weighted by Crippen LogP contribution is 2.19. The van der Waals surface area contributed by atoms with E-state index in [0.29, 0.717) is 11.4 Å². The molecule has 0 bridgehead atoms. The van der Waals surface area contributed by atoms with Crippen LogP contribution in [0.25, 0.3) is 0 Å². The maximum Gasteiger partial charge on any atom is 0.307 e. The van der Waals surface area contributed by atoms with Gasteiger partial charge in [0.2, 0.25) is 0 Å². The summed E-state index contributed by atoms with van der Waals surface area (Å²) in [6.07, 6.45) is 2.58. The molecule has 25 heavy (non-hydrogen) atoms. The largest absolute Gasteiger partial charge is 0.345 e. The Labute approximate surface area is 148 Å². The van der Waals surface area contributed by atoms with Crippen LogP contribution in [0.3, 0.4) is 0 Å². The SMILES string of the molecule is CC(NC(=O)c1cc(Cn2cc([N+](=O)[O-])cn2)cs1)c1ccccc1. The zero-order chi connectivity index (χ0) is 17.8. The molecule has 0 spiro atoms. The summed E-state index contributed by atoms with van der Waals surface area (Å²) in [5.41, 5.74) is 1.86. The third kappa shape index (κ3) is 4.10. The van der Waals surface area contributed by atoms with E-state index in [1.165, 1.54) is 28.4 Å². The van der Waals surface area contributed by atoms with Crippen LogP contribution < -0.4 is 5.32 Å². The second kappa shape index (κ2) is 7.27. The van der Waals surface area contributed by atoms with E-state index >= 15 is 0 Å². The van der Waals surface area contributed by atoms with Crippen LogP contribution in [0.5, 0.6) is 0 Å². The van der Waals surface area contributed by atoms with Crippen molar-refractivity contribution in [1.82, 2.24) is 15.1 Å². The molecule has 3 rings (SSSR count). The van der Waals surface area contributed by atoms with Crippen LogP contribution in [0.2, 0.25) is 0 Å². The van der Waals surface area contributed by atoms with Crippen LogP contribution in [0.1, 0.15) is 33.8 Å². The van der Waals surface area contributed by atoms with Crippen LogP contribution in [0, 0.1) is 10.1 Å². The molecular weight excluding hydrogens is 340 g/mol. The second-order valence-corrected chi connectivity index (χ2v) is 6.49. The maximum atomic E-state index is 12.4. The van der Waals surface area contributed by atoms with Crippen molar-refractivity contribution in [2.45, 2.75) is 19.5 Å². The number of hydrogen-bond donors (Lipinski definition) is 1. The Morgan fingerprint density at radius 2 is 2.16 bits per heavy atom. The number of nitrogens with zero attached hydrogens (tertiary/aromatic N) is 3. The van der Waals surface area contributed by atoms with Crippen LogP contribution >= 0.6 is 11.3 Å². The van der Waals surface area contributed by atoms with Gasteiger partial charge in [0.05, 0.1) is 22.4 Å². The molecule has 7 nitrogen and oxygen atoms in total. The molecule has 0 aliphatic rings. The van der Waals surface area contributed by atoms with Gasteiger partial charge in [0.25, 0.3) is 5.91 Å². The fraction of sp³-hybridized carbons (Fsp3) is 0.176. The van der Waals surface area contributed by atoms with E-state index in [1.807, 2.05) is 42.6 Å². The zero-order valence-electron chi connectivity index (χ0n) is 13.5. The highest BCUT2D eigenvalue weighted by molar-refractivity contribution is 7.12. The van der Waals surface area contributed by atoms with Crippen molar-refractivity contribution in [2.24, 2.45) is 0 Å². The van der Waals surface area contributed by atoms with E-state index < -0.39 is 4.92 Å². The van der Waals surface area contributed by atoms with E-state index in [0.717, 1.165) is 11.1 Å². The first kappa shape index (κ1) is 16.8. The fourth-order valence-electron chi connectivity index (χ4n) is 2.39. The Bertz CT molecular complexity index is 888. The normalized spacial score (nSPS) is 11.9. The number of amides is 1. The Morgan fingerprint density at radius 3 is 2.84 bits per heavy atom. The molecule has 2 aromatic heterocycles. The number of nitrogens with one attached hydrogen (secondary N) is 1. The van der Waals surface area contributed by atoms with Crippen LogP contribution in [0.15, 0.2) is 54.2 Å². The number of nitro groups is 1. The molecule has 1 atom stereocenters. The number of aromatic nitrogens is 2.